The van der Waals surface area contributed by atoms with Gasteiger partial charge in [0.15, 0.2) is 5.92 Å². The standard InChI is InChI=1S/C11H16F6O2/c12-10(13,14)9(11(15,16)17)8(18)5-1-3-7-4-2-6-19-7/h7-9,18H,1-6H2. The largest absolute Gasteiger partial charge is 0.403 e. The number of hydrogen-bond donors (Lipinski definition) is 1. The van der Waals surface area contributed by atoms with Crippen molar-refractivity contribution in [1.82, 2.24) is 0 Å². The average molecular weight is 294 g/mol. The first-order valence-corrected chi connectivity index (χ1v) is 6.05. The van der Waals surface area contributed by atoms with Gasteiger partial charge in [-0.1, -0.05) is 0 Å². The number of halogens is 6. The third kappa shape index (κ3) is 5.18. The molecular weight excluding hydrogens is 278 g/mol. The van der Waals surface area contributed by atoms with Crippen molar-refractivity contribution < 1.29 is 36.2 Å². The topological polar surface area (TPSA) is 29.5 Å². The van der Waals surface area contributed by atoms with Gasteiger partial charge >= 0.3 is 12.4 Å². The molecule has 0 spiro atoms. The predicted molar refractivity (Wildman–Crippen MR) is 54.4 cm³/mol. The first-order valence-electron chi connectivity index (χ1n) is 6.05. The van der Waals surface area contributed by atoms with Crippen LogP contribution >= 0.6 is 0 Å². The third-order valence-electron chi connectivity index (χ3n) is 3.14. The van der Waals surface area contributed by atoms with E-state index >= 15 is 0 Å². The Hall–Kier alpha value is -0.500. The SMILES string of the molecule is OC(CCCC1CCCO1)C(C(F)(F)F)C(F)(F)F. The maximum Gasteiger partial charge on any atom is 0.403 e. The monoisotopic (exact) mass is 294 g/mol. The summed E-state index contributed by atoms with van der Waals surface area (Å²) in [5.74, 6) is -3.68. The molecule has 0 aromatic heterocycles. The zero-order valence-corrected chi connectivity index (χ0v) is 10.1. The smallest absolute Gasteiger partial charge is 0.392 e. The molecule has 1 aliphatic rings. The molecule has 0 amide bonds. The minimum Gasteiger partial charge on any atom is -0.392 e. The Kier molecular flexibility index (Phi) is 5.49. The lowest BCUT2D eigenvalue weighted by Crippen LogP contribution is -2.44. The van der Waals surface area contributed by atoms with Crippen molar-refractivity contribution in [3.63, 3.8) is 0 Å². The minimum absolute atomic E-state index is 0.0779. The van der Waals surface area contributed by atoms with E-state index in [1.54, 1.807) is 0 Å². The number of hydrogen-bond acceptors (Lipinski definition) is 2. The maximum atomic E-state index is 12.3. The number of aliphatic hydroxyl groups excluding tert-OH is 1. The molecule has 0 aromatic rings. The summed E-state index contributed by atoms with van der Waals surface area (Å²) in [5, 5.41) is 9.17. The number of alkyl halides is 6. The van der Waals surface area contributed by atoms with Crippen LogP contribution in [0, 0.1) is 5.92 Å². The van der Waals surface area contributed by atoms with E-state index in [-0.39, 0.29) is 12.5 Å². The quantitative estimate of drug-likeness (QED) is 0.787. The van der Waals surface area contributed by atoms with Crippen LogP contribution in [0.25, 0.3) is 0 Å². The van der Waals surface area contributed by atoms with Crippen molar-refractivity contribution in [2.45, 2.75) is 56.7 Å². The van der Waals surface area contributed by atoms with Gasteiger partial charge in [0.2, 0.25) is 0 Å². The Labute approximate surface area is 106 Å². The zero-order chi connectivity index (χ0) is 14.7. The fourth-order valence-electron chi connectivity index (χ4n) is 2.22. The van der Waals surface area contributed by atoms with Gasteiger partial charge in [0, 0.05) is 6.61 Å². The summed E-state index contributed by atoms with van der Waals surface area (Å²) < 4.78 is 78.9. The summed E-state index contributed by atoms with van der Waals surface area (Å²) in [6.07, 6.45) is -12.0. The minimum atomic E-state index is -5.48. The van der Waals surface area contributed by atoms with Crippen LogP contribution in [0.3, 0.4) is 0 Å². The van der Waals surface area contributed by atoms with Crippen molar-refractivity contribution in [2.75, 3.05) is 6.61 Å². The van der Waals surface area contributed by atoms with Gasteiger partial charge in [-0.05, 0) is 32.1 Å². The van der Waals surface area contributed by atoms with Gasteiger partial charge in [-0.3, -0.25) is 0 Å². The van der Waals surface area contributed by atoms with E-state index in [4.69, 9.17) is 4.74 Å². The summed E-state index contributed by atoms with van der Waals surface area (Å²) in [7, 11) is 0. The molecule has 1 aliphatic heterocycles. The highest BCUT2D eigenvalue weighted by atomic mass is 19.4. The zero-order valence-electron chi connectivity index (χ0n) is 10.1. The summed E-state index contributed by atoms with van der Waals surface area (Å²) >= 11 is 0. The van der Waals surface area contributed by atoms with Crippen molar-refractivity contribution in [2.24, 2.45) is 5.92 Å². The summed E-state index contributed by atoms with van der Waals surface area (Å²) in [4.78, 5) is 0. The van der Waals surface area contributed by atoms with Crippen LogP contribution in [-0.2, 0) is 4.74 Å². The summed E-state index contributed by atoms with van der Waals surface area (Å²) in [6.45, 7) is 0.570. The van der Waals surface area contributed by atoms with E-state index in [0.717, 1.165) is 12.8 Å². The lowest BCUT2D eigenvalue weighted by molar-refractivity contribution is -0.306. The van der Waals surface area contributed by atoms with Crippen LogP contribution in [0.5, 0.6) is 0 Å². The van der Waals surface area contributed by atoms with Crippen molar-refractivity contribution in [3.05, 3.63) is 0 Å². The molecule has 2 nitrogen and oxygen atoms in total. The van der Waals surface area contributed by atoms with Gasteiger partial charge in [0.05, 0.1) is 12.2 Å². The predicted octanol–water partition coefficient (Wildman–Crippen LogP) is 3.44. The Morgan fingerprint density at radius 1 is 1.11 bits per heavy atom. The Morgan fingerprint density at radius 3 is 2.11 bits per heavy atom. The van der Waals surface area contributed by atoms with Gasteiger partial charge in [-0.2, -0.15) is 26.3 Å². The number of aliphatic hydroxyl groups is 1. The van der Waals surface area contributed by atoms with Crippen LogP contribution in [0.15, 0.2) is 0 Å². The van der Waals surface area contributed by atoms with Crippen molar-refractivity contribution >= 4 is 0 Å². The lowest BCUT2D eigenvalue weighted by atomic mass is 9.95. The van der Waals surface area contributed by atoms with Gasteiger partial charge in [0.25, 0.3) is 0 Å². The highest BCUT2D eigenvalue weighted by Crippen LogP contribution is 2.42. The molecule has 0 saturated carbocycles. The number of ether oxygens (including phenoxy) is 1. The molecule has 1 saturated heterocycles. The fourth-order valence-corrected chi connectivity index (χ4v) is 2.22. The summed E-state index contributed by atoms with van der Waals surface area (Å²) in [6, 6.07) is 0. The second kappa shape index (κ2) is 6.30. The molecule has 2 atom stereocenters. The molecule has 114 valence electrons. The van der Waals surface area contributed by atoms with E-state index in [9.17, 15) is 31.4 Å². The summed E-state index contributed by atoms with van der Waals surface area (Å²) in [5.41, 5.74) is 0. The average Bonchev–Trinajstić information content (AvgIpc) is 2.65. The Balaban J connectivity index is 2.45. The third-order valence-corrected chi connectivity index (χ3v) is 3.14. The van der Waals surface area contributed by atoms with Crippen LogP contribution in [-0.4, -0.2) is 36.3 Å². The van der Waals surface area contributed by atoms with Gasteiger partial charge < -0.3 is 9.84 Å². The van der Waals surface area contributed by atoms with Gasteiger partial charge in [-0.15, -0.1) is 0 Å². The Morgan fingerprint density at radius 2 is 1.68 bits per heavy atom. The molecule has 0 radical (unpaired) electrons. The van der Waals surface area contributed by atoms with Crippen LogP contribution < -0.4 is 0 Å². The van der Waals surface area contributed by atoms with Gasteiger partial charge in [0.1, 0.15) is 0 Å². The highest BCUT2D eigenvalue weighted by molar-refractivity contribution is 4.82. The second-order valence-corrected chi connectivity index (χ2v) is 4.69. The van der Waals surface area contributed by atoms with Crippen LogP contribution in [0.4, 0.5) is 26.3 Å². The molecule has 8 heteroatoms. The molecule has 1 heterocycles. The molecule has 1 N–H and O–H groups in total. The van der Waals surface area contributed by atoms with E-state index in [1.807, 2.05) is 0 Å². The van der Waals surface area contributed by atoms with Gasteiger partial charge in [-0.25, -0.2) is 0 Å². The normalized spacial score (nSPS) is 23.1. The van der Waals surface area contributed by atoms with Crippen molar-refractivity contribution in [1.29, 1.82) is 0 Å². The first-order chi connectivity index (χ1) is 8.62. The molecule has 0 aliphatic carbocycles. The van der Waals surface area contributed by atoms with Crippen molar-refractivity contribution in [3.8, 4) is 0 Å². The van der Waals surface area contributed by atoms with Crippen LogP contribution in [0.1, 0.15) is 32.1 Å². The lowest BCUT2D eigenvalue weighted by Gasteiger charge is -2.27. The van der Waals surface area contributed by atoms with E-state index in [2.05, 4.69) is 0 Å². The highest BCUT2D eigenvalue weighted by Gasteiger charge is 2.59. The Bertz CT molecular complexity index is 255. The maximum absolute atomic E-state index is 12.3. The second-order valence-electron chi connectivity index (χ2n) is 4.69. The number of rotatable bonds is 5. The molecule has 2 unspecified atom stereocenters. The molecule has 19 heavy (non-hydrogen) atoms. The molecule has 1 rings (SSSR count). The first kappa shape index (κ1) is 16.6. The van der Waals surface area contributed by atoms with E-state index in [1.165, 1.54) is 0 Å². The molecular formula is C11H16F6O2. The van der Waals surface area contributed by atoms with E-state index in [0.29, 0.717) is 13.0 Å². The molecule has 0 aromatic carbocycles. The fraction of sp³-hybridized carbons (Fsp3) is 1.00. The van der Waals surface area contributed by atoms with Crippen LogP contribution in [0.2, 0.25) is 0 Å². The van der Waals surface area contributed by atoms with E-state index < -0.39 is 30.8 Å². The molecule has 1 fully saturated rings. The molecule has 0 bridgehead atoms.